The van der Waals surface area contributed by atoms with Crippen LogP contribution in [0.15, 0.2) is 0 Å². The smallest absolute Gasteiger partial charge is 0.320 e. The Morgan fingerprint density at radius 3 is 2.50 bits per heavy atom. The van der Waals surface area contributed by atoms with Gasteiger partial charge in [-0.15, -0.1) is 0 Å². The number of hydrogen-bond donors (Lipinski definition) is 0. The average Bonchev–Trinajstić information content (AvgIpc) is 2.46. The van der Waals surface area contributed by atoms with E-state index in [1.54, 1.807) is 0 Å². The minimum atomic E-state index is -0.128. The Balaban J connectivity index is 2.24. The number of nitrogens with zero attached hydrogens (tertiary/aromatic N) is 3. The molecule has 0 spiro atoms. The summed E-state index contributed by atoms with van der Waals surface area (Å²) in [6.45, 7) is 8.49. The van der Waals surface area contributed by atoms with Crippen LogP contribution in [0.1, 0.15) is 39.5 Å². The number of nitriles is 1. The van der Waals surface area contributed by atoms with Gasteiger partial charge in [0.1, 0.15) is 0 Å². The number of hydrogen-bond acceptors (Lipinski definition) is 5. The van der Waals surface area contributed by atoms with Gasteiger partial charge in [0.05, 0.1) is 25.3 Å². The van der Waals surface area contributed by atoms with Crippen molar-refractivity contribution in [2.24, 2.45) is 0 Å². The molecule has 1 fully saturated rings. The second kappa shape index (κ2) is 9.73. The molecule has 1 unspecified atom stereocenters. The lowest BCUT2D eigenvalue weighted by Gasteiger charge is -2.36. The van der Waals surface area contributed by atoms with Gasteiger partial charge < -0.3 is 4.74 Å². The summed E-state index contributed by atoms with van der Waals surface area (Å²) in [5, 5.41) is 9.16. The summed E-state index contributed by atoms with van der Waals surface area (Å²) in [5.41, 5.74) is 0. The summed E-state index contributed by atoms with van der Waals surface area (Å²) in [7, 11) is 0. The van der Waals surface area contributed by atoms with Gasteiger partial charge in [-0.05, 0) is 12.8 Å². The highest BCUT2D eigenvalue weighted by molar-refractivity contribution is 5.71. The van der Waals surface area contributed by atoms with Crippen molar-refractivity contribution in [3.63, 3.8) is 0 Å². The predicted molar refractivity (Wildman–Crippen MR) is 78.2 cm³/mol. The number of carbonyl (C=O) groups excluding carboxylic acids is 1. The summed E-state index contributed by atoms with van der Waals surface area (Å²) < 4.78 is 5.17. The highest BCUT2D eigenvalue weighted by Gasteiger charge is 2.24. The van der Waals surface area contributed by atoms with Gasteiger partial charge >= 0.3 is 5.97 Å². The zero-order valence-corrected chi connectivity index (χ0v) is 12.8. The van der Waals surface area contributed by atoms with Crippen molar-refractivity contribution in [2.45, 2.75) is 45.6 Å². The molecule has 20 heavy (non-hydrogen) atoms. The summed E-state index contributed by atoms with van der Waals surface area (Å²) >= 11 is 0. The fraction of sp³-hybridized carbons (Fsp3) is 0.867. The van der Waals surface area contributed by atoms with Crippen LogP contribution < -0.4 is 0 Å². The molecule has 0 N–H and O–H groups in total. The number of carbonyl (C=O) groups is 1. The Labute approximate surface area is 122 Å². The number of piperazine rings is 1. The van der Waals surface area contributed by atoms with E-state index in [4.69, 9.17) is 10.00 Å². The summed E-state index contributed by atoms with van der Waals surface area (Å²) in [4.78, 5) is 16.0. The zero-order chi connectivity index (χ0) is 14.8. The van der Waals surface area contributed by atoms with Crippen LogP contribution in [0.25, 0.3) is 0 Å². The highest BCUT2D eigenvalue weighted by atomic mass is 16.5. The standard InChI is InChI=1S/C15H27N3O2/c1-3-5-11-20-15(19)13-17-7-9-18(10-8-17)14(12-16)6-4-2/h14H,3-11,13H2,1-2H3. The van der Waals surface area contributed by atoms with E-state index in [1.807, 2.05) is 0 Å². The molecule has 1 heterocycles. The van der Waals surface area contributed by atoms with Gasteiger partial charge in [0.15, 0.2) is 0 Å². The molecular formula is C15H27N3O2. The van der Waals surface area contributed by atoms with Crippen molar-refractivity contribution in [1.82, 2.24) is 9.80 Å². The first kappa shape index (κ1) is 16.9. The van der Waals surface area contributed by atoms with E-state index in [9.17, 15) is 4.79 Å². The van der Waals surface area contributed by atoms with Gasteiger partial charge in [0.2, 0.25) is 0 Å². The van der Waals surface area contributed by atoms with Crippen LogP contribution >= 0.6 is 0 Å². The minimum Gasteiger partial charge on any atom is -0.465 e. The molecule has 0 aromatic rings. The first-order valence-electron chi connectivity index (χ1n) is 7.72. The maximum atomic E-state index is 11.6. The molecule has 0 aromatic carbocycles. The second-order valence-corrected chi connectivity index (χ2v) is 5.32. The molecular weight excluding hydrogens is 254 g/mol. The van der Waals surface area contributed by atoms with E-state index in [-0.39, 0.29) is 12.0 Å². The van der Waals surface area contributed by atoms with E-state index < -0.39 is 0 Å². The fourth-order valence-electron chi connectivity index (χ4n) is 2.39. The van der Waals surface area contributed by atoms with Crippen LogP contribution in [0.4, 0.5) is 0 Å². The molecule has 0 bridgehead atoms. The molecule has 0 radical (unpaired) electrons. The first-order valence-corrected chi connectivity index (χ1v) is 7.72. The Morgan fingerprint density at radius 2 is 1.95 bits per heavy atom. The lowest BCUT2D eigenvalue weighted by atomic mass is 10.1. The van der Waals surface area contributed by atoms with Gasteiger partial charge in [-0.25, -0.2) is 0 Å². The molecule has 5 heteroatoms. The largest absolute Gasteiger partial charge is 0.465 e. The maximum absolute atomic E-state index is 11.6. The zero-order valence-electron chi connectivity index (χ0n) is 12.8. The van der Waals surface area contributed by atoms with Crippen LogP contribution in [0.3, 0.4) is 0 Å². The maximum Gasteiger partial charge on any atom is 0.320 e. The minimum absolute atomic E-state index is 0.0265. The molecule has 1 rings (SSSR count). The molecule has 0 amide bonds. The van der Waals surface area contributed by atoms with Gasteiger partial charge in [-0.1, -0.05) is 26.7 Å². The van der Waals surface area contributed by atoms with Gasteiger partial charge in [0, 0.05) is 26.2 Å². The fourth-order valence-corrected chi connectivity index (χ4v) is 2.39. The van der Waals surface area contributed by atoms with Crippen molar-refractivity contribution in [1.29, 1.82) is 5.26 Å². The van der Waals surface area contributed by atoms with E-state index in [1.165, 1.54) is 0 Å². The van der Waals surface area contributed by atoms with Crippen molar-refractivity contribution < 1.29 is 9.53 Å². The molecule has 0 saturated carbocycles. The predicted octanol–water partition coefficient (Wildman–Crippen LogP) is 1.64. The Morgan fingerprint density at radius 1 is 1.25 bits per heavy atom. The van der Waals surface area contributed by atoms with Crippen LogP contribution in [0.2, 0.25) is 0 Å². The molecule has 0 aliphatic carbocycles. The SMILES string of the molecule is CCCCOC(=O)CN1CCN(C(C#N)CCC)CC1. The van der Waals surface area contributed by atoms with Gasteiger partial charge in [0.25, 0.3) is 0 Å². The Hall–Kier alpha value is -1.12. The average molecular weight is 281 g/mol. The van der Waals surface area contributed by atoms with Crippen molar-refractivity contribution >= 4 is 5.97 Å². The monoisotopic (exact) mass is 281 g/mol. The molecule has 114 valence electrons. The molecule has 1 atom stereocenters. The van der Waals surface area contributed by atoms with Crippen molar-refractivity contribution in [2.75, 3.05) is 39.3 Å². The lowest BCUT2D eigenvalue weighted by molar-refractivity contribution is -0.145. The van der Waals surface area contributed by atoms with Crippen LogP contribution in [0, 0.1) is 11.3 Å². The number of unbranched alkanes of at least 4 members (excludes halogenated alkanes) is 1. The molecule has 1 aliphatic heterocycles. The molecule has 1 aliphatic rings. The van der Waals surface area contributed by atoms with E-state index in [0.29, 0.717) is 13.2 Å². The summed E-state index contributed by atoms with van der Waals surface area (Å²) in [6, 6.07) is 2.40. The quantitative estimate of drug-likeness (QED) is 0.500. The van der Waals surface area contributed by atoms with Crippen LogP contribution in [-0.2, 0) is 9.53 Å². The molecule has 1 saturated heterocycles. The van der Waals surface area contributed by atoms with E-state index in [2.05, 4.69) is 29.7 Å². The third-order valence-corrected chi connectivity index (χ3v) is 3.67. The normalized spacial score (nSPS) is 18.4. The first-order chi connectivity index (χ1) is 9.71. The topological polar surface area (TPSA) is 56.6 Å². The third kappa shape index (κ3) is 5.89. The summed E-state index contributed by atoms with van der Waals surface area (Å²) in [6.07, 6.45) is 3.93. The Kier molecular flexibility index (Phi) is 8.24. The number of ether oxygens (including phenoxy) is 1. The lowest BCUT2D eigenvalue weighted by Crippen LogP contribution is -2.51. The van der Waals surface area contributed by atoms with Gasteiger partial charge in [-0.3, -0.25) is 14.6 Å². The third-order valence-electron chi connectivity index (χ3n) is 3.67. The summed E-state index contributed by atoms with van der Waals surface area (Å²) in [5.74, 6) is -0.128. The number of esters is 1. The number of rotatable bonds is 8. The van der Waals surface area contributed by atoms with Crippen LogP contribution in [0.5, 0.6) is 0 Å². The highest BCUT2D eigenvalue weighted by Crippen LogP contribution is 2.10. The Bertz CT molecular complexity index is 320. The van der Waals surface area contributed by atoms with Gasteiger partial charge in [-0.2, -0.15) is 5.26 Å². The van der Waals surface area contributed by atoms with E-state index >= 15 is 0 Å². The molecule has 5 nitrogen and oxygen atoms in total. The second-order valence-electron chi connectivity index (χ2n) is 5.32. The van der Waals surface area contributed by atoms with Crippen molar-refractivity contribution in [3.05, 3.63) is 0 Å². The van der Waals surface area contributed by atoms with Crippen molar-refractivity contribution in [3.8, 4) is 6.07 Å². The van der Waals surface area contributed by atoms with E-state index in [0.717, 1.165) is 51.9 Å². The van der Waals surface area contributed by atoms with Crippen LogP contribution in [-0.4, -0.2) is 61.1 Å². The molecule has 0 aromatic heterocycles.